The molecule has 0 spiro atoms. The molecule has 0 radical (unpaired) electrons. The van der Waals surface area contributed by atoms with Crippen molar-refractivity contribution in [2.75, 3.05) is 7.11 Å². The van der Waals surface area contributed by atoms with Gasteiger partial charge in [0.25, 0.3) is 5.91 Å². The average Bonchev–Trinajstić information content (AvgIpc) is 3.22. The summed E-state index contributed by atoms with van der Waals surface area (Å²) in [5.41, 5.74) is 7.51. The van der Waals surface area contributed by atoms with Crippen LogP contribution in [0.4, 0.5) is 0 Å². The first-order valence-corrected chi connectivity index (χ1v) is 16.3. The normalized spacial score (nSPS) is 14.9. The molecule has 238 valence electrons. The topological polar surface area (TPSA) is 69.6 Å². The number of nitrogens with one attached hydrogen (secondary N) is 1. The van der Waals surface area contributed by atoms with Gasteiger partial charge in [-0.1, -0.05) is 69.1 Å². The number of rotatable bonds is 10. The molecule has 1 heterocycles. The maximum absolute atomic E-state index is 13.5. The first kappa shape index (κ1) is 32.6. The zero-order valence-corrected chi connectivity index (χ0v) is 28.3. The van der Waals surface area contributed by atoms with Gasteiger partial charge in [-0.25, -0.2) is 4.79 Å². The number of hydrogen-bond donors (Lipinski definition) is 1. The Bertz CT molecular complexity index is 1700. The number of fused-ring (bicyclic) bond motifs is 1. The van der Waals surface area contributed by atoms with E-state index in [0.29, 0.717) is 28.7 Å². The van der Waals surface area contributed by atoms with Crippen molar-refractivity contribution in [3.8, 4) is 5.75 Å². The number of amides is 1. The first-order valence-electron chi connectivity index (χ1n) is 15.9. The van der Waals surface area contributed by atoms with E-state index in [4.69, 9.17) is 21.1 Å². The standard InChI is InChI=1S/C38H45ClN2O4/c1-23(28-11-14-30(15-12-28)38(4,5)6)40-36(42)29-13-16-33-34(24(2)41(35(33)20-29)22-26-9-8-10-26)19-27-17-31(39)21-32(18-27)45-25(3)37(43)44-7/h11-18,20-21,23,25-26H,8-10,19,22H2,1-7H3,(H,40,42)/t23-,25+/m0/s1. The molecule has 5 rings (SSSR count). The zero-order valence-electron chi connectivity index (χ0n) is 27.5. The molecule has 7 heteroatoms. The first-order chi connectivity index (χ1) is 21.3. The Morgan fingerprint density at radius 1 is 1.02 bits per heavy atom. The van der Waals surface area contributed by atoms with Crippen LogP contribution in [0.2, 0.25) is 5.02 Å². The third-order valence-electron chi connectivity index (χ3n) is 9.17. The Balaban J connectivity index is 1.43. The predicted octanol–water partition coefficient (Wildman–Crippen LogP) is 8.72. The summed E-state index contributed by atoms with van der Waals surface area (Å²) >= 11 is 6.49. The third kappa shape index (κ3) is 7.38. The number of nitrogens with zero attached hydrogens (tertiary/aromatic N) is 1. The lowest BCUT2D eigenvalue weighted by Crippen LogP contribution is -2.26. The summed E-state index contributed by atoms with van der Waals surface area (Å²) in [5, 5.41) is 4.87. The number of benzene rings is 3. The Morgan fingerprint density at radius 2 is 1.73 bits per heavy atom. The van der Waals surface area contributed by atoms with Crippen LogP contribution < -0.4 is 10.1 Å². The van der Waals surface area contributed by atoms with E-state index in [-0.39, 0.29) is 17.4 Å². The fraction of sp³-hybridized carbons (Fsp3) is 0.421. The molecule has 3 aromatic carbocycles. The van der Waals surface area contributed by atoms with Crippen molar-refractivity contribution < 1.29 is 19.1 Å². The smallest absolute Gasteiger partial charge is 0.346 e. The van der Waals surface area contributed by atoms with Crippen molar-refractivity contribution in [3.05, 3.63) is 99.2 Å². The highest BCUT2D eigenvalue weighted by molar-refractivity contribution is 6.30. The van der Waals surface area contributed by atoms with E-state index >= 15 is 0 Å². The minimum atomic E-state index is -0.748. The van der Waals surface area contributed by atoms with Crippen LogP contribution in [0.3, 0.4) is 0 Å². The maximum Gasteiger partial charge on any atom is 0.346 e. The van der Waals surface area contributed by atoms with Gasteiger partial charge in [-0.15, -0.1) is 0 Å². The minimum Gasteiger partial charge on any atom is -0.479 e. The summed E-state index contributed by atoms with van der Waals surface area (Å²) in [4.78, 5) is 25.5. The molecule has 1 amide bonds. The van der Waals surface area contributed by atoms with E-state index in [1.165, 1.54) is 43.2 Å². The highest BCUT2D eigenvalue weighted by Gasteiger charge is 2.24. The number of ether oxygens (including phenoxy) is 2. The zero-order chi connectivity index (χ0) is 32.5. The molecule has 2 atom stereocenters. The quantitative estimate of drug-likeness (QED) is 0.178. The molecule has 0 aliphatic heterocycles. The highest BCUT2D eigenvalue weighted by Crippen LogP contribution is 2.35. The van der Waals surface area contributed by atoms with Crippen LogP contribution in [0, 0.1) is 12.8 Å². The van der Waals surface area contributed by atoms with Gasteiger partial charge >= 0.3 is 5.97 Å². The van der Waals surface area contributed by atoms with Gasteiger partial charge in [-0.3, -0.25) is 4.79 Å². The Morgan fingerprint density at radius 3 is 2.36 bits per heavy atom. The molecule has 1 saturated carbocycles. The molecule has 1 aromatic heterocycles. The monoisotopic (exact) mass is 628 g/mol. The van der Waals surface area contributed by atoms with Crippen molar-refractivity contribution in [3.63, 3.8) is 0 Å². The van der Waals surface area contributed by atoms with E-state index in [2.05, 4.69) is 67.9 Å². The van der Waals surface area contributed by atoms with Crippen molar-refractivity contribution in [1.29, 1.82) is 0 Å². The van der Waals surface area contributed by atoms with Gasteiger partial charge in [0.15, 0.2) is 6.10 Å². The lowest BCUT2D eigenvalue weighted by atomic mass is 9.85. The van der Waals surface area contributed by atoms with Crippen molar-refractivity contribution in [2.45, 2.75) is 91.3 Å². The molecule has 1 fully saturated rings. The summed E-state index contributed by atoms with van der Waals surface area (Å²) in [6, 6.07) is 20.0. The van der Waals surface area contributed by atoms with Gasteiger partial charge in [0, 0.05) is 40.1 Å². The van der Waals surface area contributed by atoms with Gasteiger partial charge in [-0.05, 0) is 97.5 Å². The van der Waals surface area contributed by atoms with Gasteiger partial charge in [0.05, 0.1) is 13.2 Å². The second kappa shape index (κ2) is 13.3. The summed E-state index contributed by atoms with van der Waals surface area (Å²) in [7, 11) is 1.34. The van der Waals surface area contributed by atoms with Gasteiger partial charge in [-0.2, -0.15) is 0 Å². The van der Waals surface area contributed by atoms with Gasteiger partial charge in [0.1, 0.15) is 5.75 Å². The Kier molecular flexibility index (Phi) is 9.64. The van der Waals surface area contributed by atoms with Crippen LogP contribution in [-0.2, 0) is 27.9 Å². The maximum atomic E-state index is 13.5. The third-order valence-corrected chi connectivity index (χ3v) is 9.38. The molecular weight excluding hydrogens is 584 g/mol. The fourth-order valence-electron chi connectivity index (χ4n) is 6.13. The second-order valence-electron chi connectivity index (χ2n) is 13.5. The fourth-order valence-corrected chi connectivity index (χ4v) is 6.38. The number of carbonyl (C=O) groups excluding carboxylic acids is 2. The van der Waals surface area contributed by atoms with E-state index in [9.17, 15) is 9.59 Å². The molecule has 6 nitrogen and oxygen atoms in total. The number of esters is 1. The molecule has 4 aromatic rings. The van der Waals surface area contributed by atoms with Crippen LogP contribution in [0.25, 0.3) is 10.9 Å². The van der Waals surface area contributed by atoms with Gasteiger partial charge in [0.2, 0.25) is 0 Å². The number of carbonyl (C=O) groups is 2. The van der Waals surface area contributed by atoms with Crippen LogP contribution in [0.5, 0.6) is 5.75 Å². The number of aromatic nitrogens is 1. The second-order valence-corrected chi connectivity index (χ2v) is 14.0. The number of hydrogen-bond acceptors (Lipinski definition) is 4. The molecule has 0 saturated heterocycles. The van der Waals surface area contributed by atoms with Crippen LogP contribution in [-0.4, -0.2) is 29.7 Å². The van der Waals surface area contributed by atoms with Crippen molar-refractivity contribution in [1.82, 2.24) is 9.88 Å². The van der Waals surface area contributed by atoms with Crippen molar-refractivity contribution in [2.24, 2.45) is 5.92 Å². The summed E-state index contributed by atoms with van der Waals surface area (Å²) in [6.45, 7) is 13.4. The largest absolute Gasteiger partial charge is 0.479 e. The Hall–Kier alpha value is -3.77. The van der Waals surface area contributed by atoms with E-state index in [1.807, 2.05) is 31.2 Å². The summed E-state index contributed by atoms with van der Waals surface area (Å²) < 4.78 is 13.0. The molecular formula is C38H45ClN2O4. The van der Waals surface area contributed by atoms with E-state index < -0.39 is 12.1 Å². The number of halogens is 1. The van der Waals surface area contributed by atoms with Crippen molar-refractivity contribution >= 4 is 34.4 Å². The van der Waals surface area contributed by atoms with Gasteiger partial charge < -0.3 is 19.4 Å². The lowest BCUT2D eigenvalue weighted by Gasteiger charge is -2.27. The molecule has 1 N–H and O–H groups in total. The molecule has 1 aliphatic carbocycles. The molecule has 1 aliphatic rings. The molecule has 0 unspecified atom stereocenters. The minimum absolute atomic E-state index is 0.0811. The van der Waals surface area contributed by atoms with Crippen LogP contribution in [0.15, 0.2) is 60.7 Å². The van der Waals surface area contributed by atoms with E-state index in [0.717, 1.165) is 28.6 Å². The molecule has 45 heavy (non-hydrogen) atoms. The van der Waals surface area contributed by atoms with E-state index in [1.54, 1.807) is 13.0 Å². The van der Waals surface area contributed by atoms with Crippen LogP contribution >= 0.6 is 11.6 Å². The Labute approximate surface area is 272 Å². The average molecular weight is 629 g/mol. The summed E-state index contributed by atoms with van der Waals surface area (Å²) in [5.74, 6) is 0.634. The summed E-state index contributed by atoms with van der Waals surface area (Å²) in [6.07, 6.45) is 3.62. The van der Waals surface area contributed by atoms with Crippen LogP contribution in [0.1, 0.15) is 98.2 Å². The lowest BCUT2D eigenvalue weighted by molar-refractivity contribution is -0.147. The SMILES string of the molecule is COC(=O)[C@@H](C)Oc1cc(Cl)cc(Cc2c(C)n(CC3CCC3)c3cc(C(=O)N[C@@H](C)c4ccc(C(C)(C)C)cc4)ccc23)c1. The number of methoxy groups -OCH3 is 1. The highest BCUT2D eigenvalue weighted by atomic mass is 35.5. The predicted molar refractivity (Wildman–Crippen MR) is 181 cm³/mol. The molecule has 0 bridgehead atoms.